The molecule has 2 aromatic heterocycles. The van der Waals surface area contributed by atoms with Crippen LogP contribution in [0.3, 0.4) is 0 Å². The molecule has 0 bridgehead atoms. The van der Waals surface area contributed by atoms with Gasteiger partial charge in [-0.15, -0.1) is 10.2 Å². The van der Waals surface area contributed by atoms with Crippen LogP contribution in [0.4, 0.5) is 0 Å². The quantitative estimate of drug-likeness (QED) is 0.677. The number of likely N-dealkylation sites (N-methyl/N-ethyl adjacent to an activating group) is 1. The second-order valence-corrected chi connectivity index (χ2v) is 7.59. The third-order valence-corrected chi connectivity index (χ3v) is 6.02. The molecule has 0 saturated carbocycles. The second kappa shape index (κ2) is 6.10. The first-order valence-electron chi connectivity index (χ1n) is 7.54. The van der Waals surface area contributed by atoms with Crippen molar-refractivity contribution in [2.75, 3.05) is 39.0 Å². The van der Waals surface area contributed by atoms with E-state index in [2.05, 4.69) is 34.3 Å². The van der Waals surface area contributed by atoms with Gasteiger partial charge < -0.3 is 9.80 Å². The molecular formula is C15H17N5OS2. The van der Waals surface area contributed by atoms with E-state index < -0.39 is 0 Å². The van der Waals surface area contributed by atoms with Crippen molar-refractivity contribution >= 4 is 44.2 Å². The molecule has 0 spiro atoms. The van der Waals surface area contributed by atoms with E-state index in [1.807, 2.05) is 21.4 Å². The standard InChI is InChI=1S/C15H17N5OS2/c1-18-6-8-19(9-7-18)13(21)10-22-14-16-17-15-20(14)11-4-2-3-5-12(11)23-15/h2-5H,6-10H2,1H3. The summed E-state index contributed by atoms with van der Waals surface area (Å²) in [6.45, 7) is 3.51. The molecule has 0 N–H and O–H groups in total. The largest absolute Gasteiger partial charge is 0.339 e. The van der Waals surface area contributed by atoms with Crippen LogP contribution in [0, 0.1) is 0 Å². The lowest BCUT2D eigenvalue weighted by Crippen LogP contribution is -2.47. The van der Waals surface area contributed by atoms with Gasteiger partial charge in [-0.25, -0.2) is 0 Å². The van der Waals surface area contributed by atoms with Crippen LogP contribution in [0.1, 0.15) is 0 Å². The predicted molar refractivity (Wildman–Crippen MR) is 93.2 cm³/mol. The number of benzene rings is 1. The number of hydrogen-bond acceptors (Lipinski definition) is 6. The van der Waals surface area contributed by atoms with Crippen molar-refractivity contribution in [2.24, 2.45) is 0 Å². The smallest absolute Gasteiger partial charge is 0.233 e. The van der Waals surface area contributed by atoms with Crippen molar-refractivity contribution in [3.8, 4) is 0 Å². The summed E-state index contributed by atoms with van der Waals surface area (Å²) < 4.78 is 3.23. The zero-order valence-electron chi connectivity index (χ0n) is 12.8. The molecule has 23 heavy (non-hydrogen) atoms. The first-order chi connectivity index (χ1) is 11.2. The van der Waals surface area contributed by atoms with Crippen molar-refractivity contribution in [3.05, 3.63) is 24.3 Å². The maximum Gasteiger partial charge on any atom is 0.233 e. The van der Waals surface area contributed by atoms with Crippen LogP contribution in [-0.4, -0.2) is 69.3 Å². The van der Waals surface area contributed by atoms with Gasteiger partial charge in [-0.3, -0.25) is 9.20 Å². The number of rotatable bonds is 3. The fraction of sp³-hybridized carbons (Fsp3) is 0.400. The van der Waals surface area contributed by atoms with Gasteiger partial charge in [-0.1, -0.05) is 35.2 Å². The molecule has 0 aliphatic carbocycles. The van der Waals surface area contributed by atoms with Gasteiger partial charge in [0.1, 0.15) is 0 Å². The number of carbonyl (C=O) groups is 1. The number of hydrogen-bond donors (Lipinski definition) is 0. The normalized spacial score (nSPS) is 16.5. The van der Waals surface area contributed by atoms with Gasteiger partial charge in [0.25, 0.3) is 0 Å². The Morgan fingerprint density at radius 1 is 1.22 bits per heavy atom. The summed E-state index contributed by atoms with van der Waals surface area (Å²) in [6, 6.07) is 8.18. The average molecular weight is 347 g/mol. The zero-order valence-corrected chi connectivity index (χ0v) is 14.4. The van der Waals surface area contributed by atoms with Crippen LogP contribution >= 0.6 is 23.1 Å². The van der Waals surface area contributed by atoms with Gasteiger partial charge in [0.2, 0.25) is 10.9 Å². The number of thioether (sulfide) groups is 1. The molecule has 1 saturated heterocycles. The lowest BCUT2D eigenvalue weighted by Gasteiger charge is -2.32. The fourth-order valence-electron chi connectivity index (χ4n) is 2.72. The van der Waals surface area contributed by atoms with Crippen LogP contribution in [0.15, 0.2) is 29.4 Å². The summed E-state index contributed by atoms with van der Waals surface area (Å²) >= 11 is 3.09. The van der Waals surface area contributed by atoms with Crippen molar-refractivity contribution in [3.63, 3.8) is 0 Å². The van der Waals surface area contributed by atoms with Crippen molar-refractivity contribution in [1.29, 1.82) is 0 Å². The van der Waals surface area contributed by atoms with Gasteiger partial charge in [0, 0.05) is 26.2 Å². The number of para-hydroxylation sites is 1. The molecule has 1 aromatic carbocycles. The van der Waals surface area contributed by atoms with Crippen LogP contribution in [0.25, 0.3) is 15.2 Å². The van der Waals surface area contributed by atoms with Crippen LogP contribution in [0.2, 0.25) is 0 Å². The van der Waals surface area contributed by atoms with Crippen LogP contribution in [-0.2, 0) is 4.79 Å². The highest BCUT2D eigenvalue weighted by molar-refractivity contribution is 7.99. The molecule has 1 aliphatic heterocycles. The topological polar surface area (TPSA) is 53.7 Å². The highest BCUT2D eigenvalue weighted by atomic mass is 32.2. The minimum Gasteiger partial charge on any atom is -0.339 e. The first-order valence-corrected chi connectivity index (χ1v) is 9.34. The Labute approximate surface area is 142 Å². The molecule has 4 rings (SSSR count). The summed E-state index contributed by atoms with van der Waals surface area (Å²) in [5.41, 5.74) is 1.10. The highest BCUT2D eigenvalue weighted by Crippen LogP contribution is 2.29. The number of nitrogens with zero attached hydrogens (tertiary/aromatic N) is 5. The van der Waals surface area contributed by atoms with Crippen LogP contribution in [0.5, 0.6) is 0 Å². The Morgan fingerprint density at radius 2 is 2.00 bits per heavy atom. The number of carbonyl (C=O) groups excluding carboxylic acids is 1. The lowest BCUT2D eigenvalue weighted by molar-refractivity contribution is -0.129. The summed E-state index contributed by atoms with van der Waals surface area (Å²) in [4.78, 5) is 17.4. The monoisotopic (exact) mass is 347 g/mol. The molecule has 0 radical (unpaired) electrons. The second-order valence-electron chi connectivity index (χ2n) is 5.64. The number of amides is 1. The van der Waals surface area contributed by atoms with Crippen molar-refractivity contribution in [1.82, 2.24) is 24.4 Å². The van der Waals surface area contributed by atoms with E-state index in [-0.39, 0.29) is 5.91 Å². The minimum absolute atomic E-state index is 0.180. The average Bonchev–Trinajstić information content (AvgIpc) is 3.12. The van der Waals surface area contributed by atoms with Gasteiger partial charge in [0.05, 0.1) is 16.0 Å². The van der Waals surface area contributed by atoms with Gasteiger partial charge in [-0.05, 0) is 19.2 Å². The van der Waals surface area contributed by atoms with E-state index in [1.165, 1.54) is 16.5 Å². The summed E-state index contributed by atoms with van der Waals surface area (Å²) in [6.07, 6.45) is 0. The molecule has 1 aliphatic rings. The molecule has 6 nitrogen and oxygen atoms in total. The Morgan fingerprint density at radius 3 is 2.83 bits per heavy atom. The van der Waals surface area contributed by atoms with E-state index in [4.69, 9.17) is 0 Å². The minimum atomic E-state index is 0.180. The van der Waals surface area contributed by atoms with Gasteiger partial charge in [-0.2, -0.15) is 0 Å². The number of aromatic nitrogens is 3. The highest BCUT2D eigenvalue weighted by Gasteiger charge is 2.20. The van der Waals surface area contributed by atoms with E-state index in [0.717, 1.165) is 41.8 Å². The van der Waals surface area contributed by atoms with E-state index in [9.17, 15) is 4.79 Å². The summed E-state index contributed by atoms with van der Waals surface area (Å²) in [7, 11) is 2.09. The summed E-state index contributed by atoms with van der Waals surface area (Å²) in [5.74, 6) is 0.591. The number of thiazole rings is 1. The van der Waals surface area contributed by atoms with E-state index in [1.54, 1.807) is 11.3 Å². The van der Waals surface area contributed by atoms with E-state index in [0.29, 0.717) is 5.75 Å². The fourth-order valence-corrected chi connectivity index (χ4v) is 4.59. The molecule has 120 valence electrons. The molecule has 3 aromatic rings. The maximum absolute atomic E-state index is 12.4. The predicted octanol–water partition coefficient (Wildman–Crippen LogP) is 1.81. The Kier molecular flexibility index (Phi) is 3.96. The van der Waals surface area contributed by atoms with Gasteiger partial charge in [0.15, 0.2) is 5.16 Å². The molecule has 0 unspecified atom stereocenters. The van der Waals surface area contributed by atoms with Gasteiger partial charge >= 0.3 is 0 Å². The third-order valence-electron chi connectivity index (χ3n) is 4.09. The molecule has 1 amide bonds. The number of piperazine rings is 1. The Balaban J connectivity index is 1.51. The first kappa shape index (κ1) is 14.9. The van der Waals surface area contributed by atoms with Crippen molar-refractivity contribution in [2.45, 2.75) is 5.16 Å². The van der Waals surface area contributed by atoms with E-state index >= 15 is 0 Å². The maximum atomic E-state index is 12.4. The molecule has 3 heterocycles. The Hall–Kier alpha value is -1.64. The SMILES string of the molecule is CN1CCN(C(=O)CSc2nnc3sc4ccccc4n23)CC1. The van der Waals surface area contributed by atoms with Crippen molar-refractivity contribution < 1.29 is 4.79 Å². The van der Waals surface area contributed by atoms with Crippen LogP contribution < -0.4 is 0 Å². The molecular weight excluding hydrogens is 330 g/mol. The zero-order chi connectivity index (χ0) is 15.8. The molecule has 8 heteroatoms. The molecule has 0 atom stereocenters. The summed E-state index contributed by atoms with van der Waals surface area (Å²) in [5, 5.41) is 9.27. The lowest BCUT2D eigenvalue weighted by atomic mass is 10.3. The molecule has 1 fully saturated rings. The number of fused-ring (bicyclic) bond motifs is 3. The Bertz CT molecular complexity index is 850. The third kappa shape index (κ3) is 2.82.